The molecule has 0 aliphatic carbocycles. The van der Waals surface area contributed by atoms with Crippen LogP contribution in [0.5, 0.6) is 0 Å². The summed E-state index contributed by atoms with van der Waals surface area (Å²) in [6, 6.07) is 8.25. The van der Waals surface area contributed by atoms with Crippen molar-refractivity contribution in [1.82, 2.24) is 20.2 Å². The number of rotatable bonds is 9. The van der Waals surface area contributed by atoms with Gasteiger partial charge in [-0.05, 0) is 24.0 Å². The molecule has 0 aliphatic rings. The van der Waals surface area contributed by atoms with Gasteiger partial charge in [-0.15, -0.1) is 0 Å². The van der Waals surface area contributed by atoms with Crippen molar-refractivity contribution in [3.8, 4) is 5.69 Å². The smallest absolute Gasteiger partial charge is 0.191 e. The van der Waals surface area contributed by atoms with Crippen LogP contribution in [0.15, 0.2) is 48.0 Å². The maximum absolute atomic E-state index is 5.61. The largest absolute Gasteiger partial charge is 0.380 e. The third kappa shape index (κ3) is 6.58. The molecule has 6 nitrogen and oxygen atoms in total. The third-order valence-electron chi connectivity index (χ3n) is 3.82. The van der Waals surface area contributed by atoms with Crippen LogP contribution >= 0.6 is 0 Å². The standard InChI is InChI=1S/C19H29N5O/c1-16(2)8-12-25-13-10-22-19(20-3)23-14-17-6-4-5-7-18(17)24-11-9-21-15-24/h4-7,9,11,15-16H,8,10,12-14H2,1-3H3,(H2,20,22,23). The Morgan fingerprint density at radius 3 is 2.80 bits per heavy atom. The number of guanidine groups is 1. The molecule has 0 radical (unpaired) electrons. The molecule has 0 aliphatic heterocycles. The van der Waals surface area contributed by atoms with Crippen LogP contribution in [0.3, 0.4) is 0 Å². The van der Waals surface area contributed by atoms with E-state index in [1.54, 1.807) is 19.6 Å². The third-order valence-corrected chi connectivity index (χ3v) is 3.82. The summed E-state index contributed by atoms with van der Waals surface area (Å²) < 4.78 is 7.62. The minimum atomic E-state index is 0.679. The first-order valence-electron chi connectivity index (χ1n) is 8.79. The van der Waals surface area contributed by atoms with Gasteiger partial charge in [0.05, 0.1) is 18.6 Å². The first-order valence-corrected chi connectivity index (χ1v) is 8.79. The first-order chi connectivity index (χ1) is 12.2. The Kier molecular flexibility index (Phi) is 7.98. The van der Waals surface area contributed by atoms with Gasteiger partial charge in [0, 0.05) is 39.1 Å². The maximum Gasteiger partial charge on any atom is 0.191 e. The Bertz CT molecular complexity index is 637. The zero-order valence-electron chi connectivity index (χ0n) is 15.4. The van der Waals surface area contributed by atoms with Gasteiger partial charge < -0.3 is 19.9 Å². The summed E-state index contributed by atoms with van der Waals surface area (Å²) in [7, 11) is 1.77. The highest BCUT2D eigenvalue weighted by molar-refractivity contribution is 5.79. The van der Waals surface area contributed by atoms with Crippen LogP contribution in [-0.4, -0.2) is 42.3 Å². The van der Waals surface area contributed by atoms with Gasteiger partial charge in [0.15, 0.2) is 5.96 Å². The van der Waals surface area contributed by atoms with Crippen LogP contribution in [-0.2, 0) is 11.3 Å². The Morgan fingerprint density at radius 1 is 1.24 bits per heavy atom. The highest BCUT2D eigenvalue weighted by Crippen LogP contribution is 2.13. The zero-order valence-corrected chi connectivity index (χ0v) is 15.4. The van der Waals surface area contributed by atoms with Crippen LogP contribution in [0.2, 0.25) is 0 Å². The fourth-order valence-corrected chi connectivity index (χ4v) is 2.38. The molecule has 2 rings (SSSR count). The van der Waals surface area contributed by atoms with Crippen molar-refractivity contribution in [2.24, 2.45) is 10.9 Å². The summed E-state index contributed by atoms with van der Waals surface area (Å²) in [5.41, 5.74) is 2.29. The molecule has 0 bridgehead atoms. The predicted octanol–water partition coefficient (Wildman–Crippen LogP) is 2.60. The van der Waals surface area contributed by atoms with Crippen molar-refractivity contribution < 1.29 is 4.74 Å². The predicted molar refractivity (Wildman–Crippen MR) is 102 cm³/mol. The van der Waals surface area contributed by atoms with Gasteiger partial charge in [0.1, 0.15) is 0 Å². The van der Waals surface area contributed by atoms with Gasteiger partial charge in [-0.3, -0.25) is 4.99 Å². The van der Waals surface area contributed by atoms with Crippen molar-refractivity contribution in [2.45, 2.75) is 26.8 Å². The van der Waals surface area contributed by atoms with Crippen LogP contribution < -0.4 is 10.6 Å². The molecule has 0 saturated heterocycles. The highest BCUT2D eigenvalue weighted by Gasteiger charge is 2.05. The summed E-state index contributed by atoms with van der Waals surface area (Å²) in [4.78, 5) is 8.38. The molecule has 0 fully saturated rings. The van der Waals surface area contributed by atoms with E-state index in [9.17, 15) is 0 Å². The summed E-state index contributed by atoms with van der Waals surface area (Å²) >= 11 is 0. The fourth-order valence-electron chi connectivity index (χ4n) is 2.38. The molecule has 2 N–H and O–H groups in total. The number of aliphatic imine (C=N–C) groups is 1. The lowest BCUT2D eigenvalue weighted by atomic mass is 10.1. The Hall–Kier alpha value is -2.34. The molecule has 2 aromatic rings. The number of nitrogens with one attached hydrogen (secondary N) is 2. The Balaban J connectivity index is 1.78. The molecule has 0 atom stereocenters. The van der Waals surface area contributed by atoms with Gasteiger partial charge >= 0.3 is 0 Å². The van der Waals surface area contributed by atoms with Crippen molar-refractivity contribution in [1.29, 1.82) is 0 Å². The lowest BCUT2D eigenvalue weighted by Crippen LogP contribution is -2.38. The Labute approximate surface area is 150 Å². The molecule has 136 valence electrons. The molecule has 0 spiro atoms. The van der Waals surface area contributed by atoms with Crippen LogP contribution in [0.25, 0.3) is 5.69 Å². The molecule has 1 aromatic heterocycles. The number of para-hydroxylation sites is 1. The summed E-state index contributed by atoms with van der Waals surface area (Å²) in [6.45, 7) is 7.32. The van der Waals surface area contributed by atoms with E-state index in [0.717, 1.165) is 31.2 Å². The molecule has 6 heteroatoms. The SMILES string of the molecule is CN=C(NCCOCCC(C)C)NCc1ccccc1-n1ccnc1. The molecule has 0 saturated carbocycles. The number of hydrogen-bond donors (Lipinski definition) is 2. The van der Waals surface area contributed by atoms with E-state index < -0.39 is 0 Å². The monoisotopic (exact) mass is 343 g/mol. The number of hydrogen-bond acceptors (Lipinski definition) is 3. The van der Waals surface area contributed by atoms with Gasteiger partial charge in [-0.1, -0.05) is 32.0 Å². The van der Waals surface area contributed by atoms with E-state index in [1.807, 2.05) is 22.9 Å². The average Bonchev–Trinajstić information content (AvgIpc) is 3.15. The number of aromatic nitrogens is 2. The molecule has 1 heterocycles. The quantitative estimate of drug-likeness (QED) is 0.417. The summed E-state index contributed by atoms with van der Waals surface area (Å²) in [5, 5.41) is 6.62. The number of nitrogens with zero attached hydrogens (tertiary/aromatic N) is 3. The van der Waals surface area contributed by atoms with Gasteiger partial charge in [0.2, 0.25) is 0 Å². The van der Waals surface area contributed by atoms with Crippen LogP contribution in [0, 0.1) is 5.92 Å². The second-order valence-corrected chi connectivity index (χ2v) is 6.25. The number of imidazole rings is 1. The normalized spacial score (nSPS) is 11.8. The minimum Gasteiger partial charge on any atom is -0.380 e. The second-order valence-electron chi connectivity index (χ2n) is 6.25. The Morgan fingerprint density at radius 2 is 2.08 bits per heavy atom. The average molecular weight is 343 g/mol. The zero-order chi connectivity index (χ0) is 17.9. The highest BCUT2D eigenvalue weighted by atomic mass is 16.5. The van der Waals surface area contributed by atoms with E-state index in [0.29, 0.717) is 19.1 Å². The van der Waals surface area contributed by atoms with E-state index in [1.165, 1.54) is 5.56 Å². The number of benzene rings is 1. The maximum atomic E-state index is 5.61. The van der Waals surface area contributed by atoms with E-state index >= 15 is 0 Å². The summed E-state index contributed by atoms with van der Waals surface area (Å²) in [6.07, 6.45) is 6.63. The number of ether oxygens (including phenoxy) is 1. The van der Waals surface area contributed by atoms with Crippen molar-refractivity contribution >= 4 is 5.96 Å². The van der Waals surface area contributed by atoms with Crippen molar-refractivity contribution in [3.05, 3.63) is 48.5 Å². The first kappa shape index (κ1) is 19.0. The van der Waals surface area contributed by atoms with Crippen LogP contribution in [0.1, 0.15) is 25.8 Å². The van der Waals surface area contributed by atoms with E-state index in [4.69, 9.17) is 4.74 Å². The minimum absolute atomic E-state index is 0.679. The van der Waals surface area contributed by atoms with Gasteiger partial charge in [0.25, 0.3) is 0 Å². The molecule has 0 unspecified atom stereocenters. The topological polar surface area (TPSA) is 63.5 Å². The lowest BCUT2D eigenvalue weighted by Gasteiger charge is -2.15. The van der Waals surface area contributed by atoms with Crippen molar-refractivity contribution in [3.63, 3.8) is 0 Å². The summed E-state index contributed by atoms with van der Waals surface area (Å²) in [5.74, 6) is 1.45. The second kappa shape index (κ2) is 10.5. The lowest BCUT2D eigenvalue weighted by molar-refractivity contribution is 0.128. The molecule has 0 amide bonds. The molecular weight excluding hydrogens is 314 g/mol. The van der Waals surface area contributed by atoms with E-state index in [2.05, 4.69) is 46.6 Å². The van der Waals surface area contributed by atoms with Gasteiger partial charge in [-0.25, -0.2) is 4.98 Å². The molecule has 1 aromatic carbocycles. The van der Waals surface area contributed by atoms with E-state index in [-0.39, 0.29) is 0 Å². The van der Waals surface area contributed by atoms with Crippen LogP contribution in [0.4, 0.5) is 0 Å². The fraction of sp³-hybridized carbons (Fsp3) is 0.474. The van der Waals surface area contributed by atoms with Crippen molar-refractivity contribution in [2.75, 3.05) is 26.8 Å². The molecule has 25 heavy (non-hydrogen) atoms. The van der Waals surface area contributed by atoms with Gasteiger partial charge in [-0.2, -0.15) is 0 Å². The molecular formula is C19H29N5O.